The van der Waals surface area contributed by atoms with E-state index in [9.17, 15) is 0 Å². The van der Waals surface area contributed by atoms with Gasteiger partial charge in [0.15, 0.2) is 6.20 Å². The molecule has 1 aliphatic heterocycles. The van der Waals surface area contributed by atoms with E-state index in [4.69, 9.17) is 9.72 Å². The van der Waals surface area contributed by atoms with Crippen LogP contribution in [-0.4, -0.2) is 4.98 Å². The molecule has 42 heavy (non-hydrogen) atoms. The predicted octanol–water partition coefficient (Wildman–Crippen LogP) is 10.2. The third-order valence-corrected chi connectivity index (χ3v) is 8.41. The minimum absolute atomic E-state index is 0.0938. The number of fused-ring (bicyclic) bond motifs is 5. The lowest BCUT2D eigenvalue weighted by Crippen LogP contribution is -2.32. The predicted molar refractivity (Wildman–Crippen MR) is 178 cm³/mol. The van der Waals surface area contributed by atoms with Crippen molar-refractivity contribution in [3.8, 4) is 22.9 Å². The van der Waals surface area contributed by atoms with Crippen LogP contribution < -0.4 is 9.30 Å². The maximum Gasteiger partial charge on any atom is 0.234 e. The molecule has 0 aliphatic carbocycles. The largest absolute Gasteiger partial charge is 0.437 e. The maximum absolute atomic E-state index is 7.01. The summed E-state index contributed by atoms with van der Waals surface area (Å²) in [6.07, 6.45) is 5.18. The van der Waals surface area contributed by atoms with Crippen LogP contribution in [0.25, 0.3) is 43.7 Å². The van der Waals surface area contributed by atoms with Crippen molar-refractivity contribution in [1.29, 1.82) is 0 Å². The molecule has 1 aliphatic rings. The zero-order chi connectivity index (χ0) is 30.4. The number of aromatic nitrogens is 2. The molecule has 0 fully saturated rings. The fraction of sp³-hybridized carbons (Fsp3) is 0.436. The molecule has 0 radical (unpaired) electrons. The summed E-state index contributed by atoms with van der Waals surface area (Å²) in [5.41, 5.74) is 9.21. The van der Waals surface area contributed by atoms with E-state index in [1.807, 2.05) is 0 Å². The van der Waals surface area contributed by atoms with E-state index in [-0.39, 0.29) is 16.2 Å². The molecule has 218 valence electrons. The summed E-state index contributed by atoms with van der Waals surface area (Å²) in [5, 5.41) is 6.12. The van der Waals surface area contributed by atoms with Gasteiger partial charge in [-0.25, -0.2) is 9.55 Å². The van der Waals surface area contributed by atoms with E-state index in [1.165, 1.54) is 55.1 Å². The van der Waals surface area contributed by atoms with Gasteiger partial charge in [-0.1, -0.05) is 92.6 Å². The van der Waals surface area contributed by atoms with Crippen LogP contribution in [0.4, 0.5) is 0 Å². The molecule has 0 saturated heterocycles. The third-order valence-electron chi connectivity index (χ3n) is 8.41. The SMILES string of the molecule is Cc1c2c(c(CC(C)(C)C)c3ccc(CC(C)(C)C)cc13)Oc1nc3cc(CC(C)(C)C)ccc3c3cc[n+](C)c-2c13. The van der Waals surface area contributed by atoms with Gasteiger partial charge in [0, 0.05) is 22.4 Å². The lowest BCUT2D eigenvalue weighted by atomic mass is 9.80. The molecule has 0 saturated carbocycles. The standard InChI is InChI=1S/C39H47N2O/c1-23-29-18-24(20-37(2,3)4)12-14-26(29)30(22-39(8,9)10)35-32(23)34-33-28(16-17-41(34)11)27-15-13-25(21-38(5,6)7)19-31(27)40-36(33)42-35/h12-19H,20-22H2,1-11H3/q+1. The minimum Gasteiger partial charge on any atom is -0.437 e. The van der Waals surface area contributed by atoms with Crippen LogP contribution >= 0.6 is 0 Å². The zero-order valence-electron chi connectivity index (χ0n) is 27.5. The second-order valence-electron chi connectivity index (χ2n) is 16.3. The summed E-state index contributed by atoms with van der Waals surface area (Å²) in [7, 11) is 2.16. The van der Waals surface area contributed by atoms with Gasteiger partial charge in [-0.05, 0) is 76.0 Å². The molecule has 0 spiro atoms. The van der Waals surface area contributed by atoms with Crippen molar-refractivity contribution in [2.24, 2.45) is 23.3 Å². The molecule has 3 heteroatoms. The highest BCUT2D eigenvalue weighted by molar-refractivity contribution is 6.14. The van der Waals surface area contributed by atoms with Crippen molar-refractivity contribution in [3.05, 3.63) is 70.9 Å². The van der Waals surface area contributed by atoms with E-state index in [0.29, 0.717) is 0 Å². The van der Waals surface area contributed by atoms with Crippen LogP contribution in [0, 0.1) is 23.2 Å². The molecule has 0 N–H and O–H groups in total. The quantitative estimate of drug-likeness (QED) is 0.159. The molecule has 0 unspecified atom stereocenters. The topological polar surface area (TPSA) is 26.0 Å². The van der Waals surface area contributed by atoms with Crippen LogP contribution in [0.15, 0.2) is 48.7 Å². The smallest absolute Gasteiger partial charge is 0.234 e. The molecule has 2 aromatic heterocycles. The van der Waals surface area contributed by atoms with Crippen molar-refractivity contribution in [2.45, 2.75) is 88.5 Å². The van der Waals surface area contributed by atoms with Crippen molar-refractivity contribution in [1.82, 2.24) is 4.98 Å². The summed E-state index contributed by atoms with van der Waals surface area (Å²) in [4.78, 5) is 5.23. The van der Waals surface area contributed by atoms with Crippen LogP contribution in [0.5, 0.6) is 11.6 Å². The fourth-order valence-electron chi connectivity index (χ4n) is 6.91. The van der Waals surface area contributed by atoms with Crippen molar-refractivity contribution < 1.29 is 9.30 Å². The zero-order valence-corrected chi connectivity index (χ0v) is 27.5. The first-order valence-corrected chi connectivity index (χ1v) is 15.5. The molecular weight excluding hydrogens is 512 g/mol. The fourth-order valence-corrected chi connectivity index (χ4v) is 6.91. The second-order valence-corrected chi connectivity index (χ2v) is 16.3. The highest BCUT2D eigenvalue weighted by Gasteiger charge is 2.35. The van der Waals surface area contributed by atoms with Gasteiger partial charge in [0.1, 0.15) is 18.2 Å². The number of hydrogen-bond donors (Lipinski definition) is 0. The number of pyridine rings is 2. The third kappa shape index (κ3) is 5.16. The van der Waals surface area contributed by atoms with Gasteiger partial charge < -0.3 is 4.74 Å². The van der Waals surface area contributed by atoms with Crippen LogP contribution in [0.2, 0.25) is 0 Å². The Morgan fingerprint density at radius 2 is 1.29 bits per heavy atom. The molecule has 3 heterocycles. The molecule has 5 aromatic rings. The Bertz CT molecular complexity index is 1890. The van der Waals surface area contributed by atoms with Gasteiger partial charge >= 0.3 is 0 Å². The monoisotopic (exact) mass is 559 g/mol. The highest BCUT2D eigenvalue weighted by Crippen LogP contribution is 2.52. The minimum atomic E-state index is 0.0938. The van der Waals surface area contributed by atoms with Gasteiger partial charge in [0.25, 0.3) is 0 Å². The molecular formula is C39H47N2O+. The molecule has 0 amide bonds. The number of rotatable bonds is 3. The molecule has 3 nitrogen and oxygen atoms in total. The summed E-state index contributed by atoms with van der Waals surface area (Å²) in [6, 6.07) is 16.1. The van der Waals surface area contributed by atoms with Crippen molar-refractivity contribution >= 4 is 32.4 Å². The molecule has 6 rings (SSSR count). The molecule has 0 atom stereocenters. The lowest BCUT2D eigenvalue weighted by molar-refractivity contribution is -0.659. The maximum atomic E-state index is 7.01. The summed E-state index contributed by atoms with van der Waals surface area (Å²) in [6.45, 7) is 23.1. The number of benzene rings is 3. The normalized spacial score (nSPS) is 13.6. The van der Waals surface area contributed by atoms with E-state index >= 15 is 0 Å². The van der Waals surface area contributed by atoms with Crippen LogP contribution in [-0.2, 0) is 26.3 Å². The van der Waals surface area contributed by atoms with Gasteiger partial charge in [0.2, 0.25) is 11.6 Å². The number of nitrogens with zero attached hydrogens (tertiary/aromatic N) is 2. The van der Waals surface area contributed by atoms with Crippen LogP contribution in [0.1, 0.15) is 84.6 Å². The highest BCUT2D eigenvalue weighted by atomic mass is 16.5. The van der Waals surface area contributed by atoms with Crippen molar-refractivity contribution in [2.75, 3.05) is 0 Å². The average molecular weight is 560 g/mol. The van der Waals surface area contributed by atoms with E-state index in [2.05, 4.69) is 130 Å². The van der Waals surface area contributed by atoms with Gasteiger partial charge in [-0.15, -0.1) is 0 Å². The summed E-state index contributed by atoms with van der Waals surface area (Å²) >= 11 is 0. The Balaban J connectivity index is 1.68. The van der Waals surface area contributed by atoms with Crippen molar-refractivity contribution in [3.63, 3.8) is 0 Å². The number of aryl methyl sites for hydroxylation is 2. The van der Waals surface area contributed by atoms with E-state index in [1.54, 1.807) is 0 Å². The number of hydrogen-bond acceptors (Lipinski definition) is 2. The molecule has 0 bridgehead atoms. The first-order valence-electron chi connectivity index (χ1n) is 15.5. The first-order chi connectivity index (χ1) is 19.5. The van der Waals surface area contributed by atoms with Crippen LogP contribution in [0.3, 0.4) is 0 Å². The average Bonchev–Trinajstić information content (AvgIpc) is 2.85. The Kier molecular flexibility index (Phi) is 6.50. The number of ether oxygens (including phenoxy) is 1. The molecule has 3 aromatic carbocycles. The van der Waals surface area contributed by atoms with Gasteiger partial charge in [-0.3, -0.25) is 0 Å². The Hall–Kier alpha value is -3.46. The Morgan fingerprint density at radius 1 is 0.690 bits per heavy atom. The first kappa shape index (κ1) is 28.6. The van der Waals surface area contributed by atoms with Gasteiger partial charge in [0.05, 0.1) is 11.1 Å². The van der Waals surface area contributed by atoms with Gasteiger partial charge in [-0.2, -0.15) is 0 Å². The summed E-state index contributed by atoms with van der Waals surface area (Å²) in [5.74, 6) is 1.70. The lowest BCUT2D eigenvalue weighted by Gasteiger charge is -2.28. The van der Waals surface area contributed by atoms with E-state index < -0.39 is 0 Å². The Morgan fingerprint density at radius 3 is 1.90 bits per heavy atom. The second kappa shape index (κ2) is 9.53. The van der Waals surface area contributed by atoms with E-state index in [0.717, 1.165) is 41.8 Å². The Labute approximate surface area is 251 Å². The summed E-state index contributed by atoms with van der Waals surface area (Å²) < 4.78 is 9.28.